The number of hydrogen-bond acceptors (Lipinski definition) is 5. The number of amides is 1. The molecule has 6 nitrogen and oxygen atoms in total. The second-order valence-electron chi connectivity index (χ2n) is 8.40. The van der Waals surface area contributed by atoms with Gasteiger partial charge in [-0.1, -0.05) is 0 Å². The zero-order valence-corrected chi connectivity index (χ0v) is 17.7. The number of hydrogen-bond donors (Lipinski definition) is 0. The van der Waals surface area contributed by atoms with E-state index in [4.69, 9.17) is 14.5 Å². The summed E-state index contributed by atoms with van der Waals surface area (Å²) in [6.45, 7) is 4.82. The van der Waals surface area contributed by atoms with Crippen LogP contribution in [0.3, 0.4) is 0 Å². The second-order valence-corrected chi connectivity index (χ2v) is 9.55. The molecule has 0 spiro atoms. The van der Waals surface area contributed by atoms with Crippen LogP contribution < -0.4 is 4.90 Å². The van der Waals surface area contributed by atoms with Gasteiger partial charge in [0.1, 0.15) is 6.26 Å². The average Bonchev–Trinajstić information content (AvgIpc) is 3.49. The van der Waals surface area contributed by atoms with Gasteiger partial charge in [0.2, 0.25) is 5.91 Å². The largest absolute Gasteiger partial charge is 0.472 e. The topological polar surface area (TPSA) is 64.2 Å². The van der Waals surface area contributed by atoms with Crippen LogP contribution in [-0.4, -0.2) is 39.2 Å². The van der Waals surface area contributed by atoms with Crippen LogP contribution in [-0.2, 0) is 16.8 Å². The minimum atomic E-state index is -0.541. The molecule has 2 aliphatic rings. The SMILES string of the molecule is CN1C(=O)C(C)(C)c2cc(-c3nc(-c4ccoc4)nn3CC3CCSC3)ccc21. The normalized spacial score (nSPS) is 20.4. The third-order valence-electron chi connectivity index (χ3n) is 6.03. The molecule has 1 atom stereocenters. The van der Waals surface area contributed by atoms with E-state index in [0.717, 1.165) is 40.5 Å². The van der Waals surface area contributed by atoms with Crippen LogP contribution in [0.5, 0.6) is 0 Å². The van der Waals surface area contributed by atoms with E-state index < -0.39 is 5.41 Å². The van der Waals surface area contributed by atoms with Crippen LogP contribution in [0.2, 0.25) is 0 Å². The number of carbonyl (C=O) groups is 1. The van der Waals surface area contributed by atoms with Crippen molar-refractivity contribution in [3.05, 3.63) is 42.4 Å². The van der Waals surface area contributed by atoms with Gasteiger partial charge in [0, 0.05) is 24.8 Å². The molecule has 0 radical (unpaired) electrons. The Balaban J connectivity index is 1.60. The summed E-state index contributed by atoms with van der Waals surface area (Å²) in [5.74, 6) is 4.62. The van der Waals surface area contributed by atoms with Crippen LogP contribution in [0, 0.1) is 5.92 Å². The van der Waals surface area contributed by atoms with Gasteiger partial charge >= 0.3 is 0 Å². The predicted octanol–water partition coefficient (Wildman–Crippen LogP) is 4.21. The van der Waals surface area contributed by atoms with Crippen LogP contribution in [0.4, 0.5) is 5.69 Å². The number of anilines is 1. The third-order valence-corrected chi connectivity index (χ3v) is 7.27. The third kappa shape index (κ3) is 2.99. The lowest BCUT2D eigenvalue weighted by molar-refractivity contribution is -0.121. The molecule has 0 aliphatic carbocycles. The first-order chi connectivity index (χ1) is 13.9. The van der Waals surface area contributed by atoms with Crippen molar-refractivity contribution in [2.75, 3.05) is 23.5 Å². The van der Waals surface area contributed by atoms with E-state index in [1.54, 1.807) is 17.4 Å². The number of likely N-dealkylation sites (N-methyl/N-ethyl adjacent to an activating group) is 1. The molecule has 1 amide bonds. The molecular formula is C22H24N4O2S. The highest BCUT2D eigenvalue weighted by atomic mass is 32.2. The summed E-state index contributed by atoms with van der Waals surface area (Å²) in [6.07, 6.45) is 4.53. The average molecular weight is 409 g/mol. The lowest BCUT2D eigenvalue weighted by Crippen LogP contribution is -2.33. The highest BCUT2D eigenvalue weighted by Crippen LogP contribution is 2.42. The van der Waals surface area contributed by atoms with Gasteiger partial charge in [-0.05, 0) is 67.5 Å². The first kappa shape index (κ1) is 18.5. The molecule has 2 aromatic heterocycles. The van der Waals surface area contributed by atoms with E-state index in [9.17, 15) is 4.79 Å². The van der Waals surface area contributed by atoms with Gasteiger partial charge in [0.15, 0.2) is 11.6 Å². The minimum Gasteiger partial charge on any atom is -0.472 e. The first-order valence-electron chi connectivity index (χ1n) is 9.93. The fourth-order valence-electron chi connectivity index (χ4n) is 4.28. The van der Waals surface area contributed by atoms with Gasteiger partial charge in [0.05, 0.1) is 17.2 Å². The van der Waals surface area contributed by atoms with E-state index in [2.05, 4.69) is 6.07 Å². The Labute approximate surface area is 174 Å². The monoisotopic (exact) mass is 408 g/mol. The predicted molar refractivity (Wildman–Crippen MR) is 115 cm³/mol. The van der Waals surface area contributed by atoms with Crippen molar-refractivity contribution < 1.29 is 9.21 Å². The van der Waals surface area contributed by atoms with Crippen LogP contribution >= 0.6 is 11.8 Å². The fraction of sp³-hybridized carbons (Fsp3) is 0.409. The Bertz CT molecular complexity index is 1060. The van der Waals surface area contributed by atoms with Gasteiger partial charge in [-0.15, -0.1) is 0 Å². The Hall–Kier alpha value is -2.54. The summed E-state index contributed by atoms with van der Waals surface area (Å²) in [5.41, 5.74) is 3.34. The van der Waals surface area contributed by atoms with Gasteiger partial charge in [0.25, 0.3) is 0 Å². The first-order valence-corrected chi connectivity index (χ1v) is 11.1. The molecule has 1 unspecified atom stereocenters. The van der Waals surface area contributed by atoms with Crippen molar-refractivity contribution in [2.24, 2.45) is 5.92 Å². The maximum Gasteiger partial charge on any atom is 0.236 e. The van der Waals surface area contributed by atoms with Crippen LogP contribution in [0.1, 0.15) is 25.8 Å². The molecule has 1 fully saturated rings. The van der Waals surface area contributed by atoms with Crippen LogP contribution in [0.25, 0.3) is 22.8 Å². The van der Waals surface area contributed by atoms with Gasteiger partial charge in [-0.2, -0.15) is 16.9 Å². The number of thioether (sulfide) groups is 1. The molecular weight excluding hydrogens is 384 g/mol. The van der Waals surface area contributed by atoms with Gasteiger partial charge in [-0.25, -0.2) is 9.67 Å². The van der Waals surface area contributed by atoms with Crippen molar-refractivity contribution in [3.8, 4) is 22.8 Å². The summed E-state index contributed by atoms with van der Waals surface area (Å²) in [4.78, 5) is 19.3. The number of benzene rings is 1. The molecule has 29 heavy (non-hydrogen) atoms. The Morgan fingerprint density at radius 1 is 1.28 bits per heavy atom. The van der Waals surface area contributed by atoms with Crippen molar-refractivity contribution in [3.63, 3.8) is 0 Å². The minimum absolute atomic E-state index is 0.119. The maximum atomic E-state index is 12.7. The van der Waals surface area contributed by atoms with Crippen molar-refractivity contribution in [2.45, 2.75) is 32.2 Å². The second kappa shape index (κ2) is 6.76. The smallest absolute Gasteiger partial charge is 0.236 e. The number of nitrogens with zero attached hydrogens (tertiary/aromatic N) is 4. The van der Waals surface area contributed by atoms with Gasteiger partial charge in [-0.3, -0.25) is 4.79 Å². The lowest BCUT2D eigenvalue weighted by Gasteiger charge is -2.17. The number of carbonyl (C=O) groups excluding carboxylic acids is 1. The molecule has 5 rings (SSSR count). The maximum absolute atomic E-state index is 12.7. The molecule has 0 saturated carbocycles. The lowest BCUT2D eigenvalue weighted by atomic mass is 9.85. The summed E-state index contributed by atoms with van der Waals surface area (Å²) in [6, 6.07) is 8.07. The molecule has 4 heterocycles. The Kier molecular flexibility index (Phi) is 4.31. The number of rotatable bonds is 4. The van der Waals surface area contributed by atoms with E-state index in [0.29, 0.717) is 11.7 Å². The summed E-state index contributed by atoms with van der Waals surface area (Å²) in [7, 11) is 1.84. The van der Waals surface area contributed by atoms with E-state index in [1.165, 1.54) is 12.2 Å². The van der Waals surface area contributed by atoms with E-state index in [1.807, 2.05) is 55.5 Å². The zero-order valence-electron chi connectivity index (χ0n) is 16.9. The molecule has 0 bridgehead atoms. The fourth-order valence-corrected chi connectivity index (χ4v) is 5.55. The number of furan rings is 1. The zero-order chi connectivity index (χ0) is 20.2. The highest BCUT2D eigenvalue weighted by Gasteiger charge is 2.42. The Morgan fingerprint density at radius 3 is 2.86 bits per heavy atom. The molecule has 3 aromatic rings. The molecule has 1 saturated heterocycles. The summed E-state index contributed by atoms with van der Waals surface area (Å²) >= 11 is 2.00. The van der Waals surface area contributed by atoms with E-state index in [-0.39, 0.29) is 5.91 Å². The van der Waals surface area contributed by atoms with Crippen molar-refractivity contribution >= 4 is 23.4 Å². The summed E-state index contributed by atoms with van der Waals surface area (Å²) < 4.78 is 7.27. The molecule has 7 heteroatoms. The number of fused-ring (bicyclic) bond motifs is 1. The van der Waals surface area contributed by atoms with Gasteiger partial charge < -0.3 is 9.32 Å². The quantitative estimate of drug-likeness (QED) is 0.647. The molecule has 150 valence electrons. The molecule has 0 N–H and O–H groups in total. The van der Waals surface area contributed by atoms with Crippen LogP contribution in [0.15, 0.2) is 41.2 Å². The molecule has 2 aliphatic heterocycles. The van der Waals surface area contributed by atoms with Crippen molar-refractivity contribution in [1.82, 2.24) is 14.8 Å². The number of aromatic nitrogens is 3. The highest BCUT2D eigenvalue weighted by molar-refractivity contribution is 7.99. The van der Waals surface area contributed by atoms with Crippen molar-refractivity contribution in [1.29, 1.82) is 0 Å². The summed E-state index contributed by atoms with van der Waals surface area (Å²) in [5, 5.41) is 4.81. The standard InChI is InChI=1S/C22H24N4O2S/c1-22(2)17-10-15(4-5-18(17)25(3)21(22)27)20-23-19(16-6-8-28-12-16)24-26(20)11-14-7-9-29-13-14/h4-6,8,10,12,14H,7,9,11,13H2,1-3H3. The molecule has 1 aromatic carbocycles. The Morgan fingerprint density at radius 2 is 2.14 bits per heavy atom. The van der Waals surface area contributed by atoms with E-state index >= 15 is 0 Å².